The molecular weight excluding hydrogens is 351 g/mol. The smallest absolute Gasteiger partial charge is 0.388 e. The minimum Gasteiger partial charge on any atom is -0.388 e. The van der Waals surface area contributed by atoms with E-state index in [0.717, 1.165) is 6.07 Å². The first-order chi connectivity index (χ1) is 9.82. The fourth-order valence-electron chi connectivity index (χ4n) is 1.97. The van der Waals surface area contributed by atoms with Gasteiger partial charge in [-0.1, -0.05) is 22.0 Å². The van der Waals surface area contributed by atoms with Gasteiger partial charge in [0.05, 0.1) is 11.7 Å². The van der Waals surface area contributed by atoms with Crippen molar-refractivity contribution in [2.24, 2.45) is 0 Å². The first-order valence-electron chi connectivity index (χ1n) is 6.24. The summed E-state index contributed by atoms with van der Waals surface area (Å²) < 4.78 is 40.1. The van der Waals surface area contributed by atoms with Gasteiger partial charge in [-0.05, 0) is 24.6 Å². The second-order valence-corrected chi connectivity index (χ2v) is 5.30. The van der Waals surface area contributed by atoms with Crippen LogP contribution in [0.3, 0.4) is 0 Å². The highest BCUT2D eigenvalue weighted by atomic mass is 79.9. The number of hydrogen-bond donors (Lipinski definition) is 1. The number of hydrogen-bond acceptors (Lipinski definition) is 3. The standard InChI is InChI=1S/C13H13BrF3N3O/c1-2-20-12(18-7-19-20)6-11(21)8-3-4-10(14)9(5-8)13(15,16)17/h3-5,7,11,21H,2,6H2,1H3. The van der Waals surface area contributed by atoms with Gasteiger partial charge < -0.3 is 5.11 Å². The number of rotatable bonds is 4. The molecule has 0 saturated heterocycles. The second-order valence-electron chi connectivity index (χ2n) is 4.45. The fourth-order valence-corrected chi connectivity index (χ4v) is 2.44. The van der Waals surface area contributed by atoms with Gasteiger partial charge in [-0.15, -0.1) is 0 Å². The van der Waals surface area contributed by atoms with Crippen molar-refractivity contribution >= 4 is 15.9 Å². The molecule has 0 radical (unpaired) electrons. The lowest BCUT2D eigenvalue weighted by Gasteiger charge is -2.15. The van der Waals surface area contributed by atoms with Crippen LogP contribution in [0.15, 0.2) is 29.0 Å². The molecule has 0 bridgehead atoms. The van der Waals surface area contributed by atoms with Crippen molar-refractivity contribution in [2.45, 2.75) is 32.2 Å². The van der Waals surface area contributed by atoms with E-state index in [2.05, 4.69) is 26.0 Å². The fraction of sp³-hybridized carbons (Fsp3) is 0.385. The predicted molar refractivity (Wildman–Crippen MR) is 73.5 cm³/mol. The molecule has 1 heterocycles. The highest BCUT2D eigenvalue weighted by molar-refractivity contribution is 9.10. The largest absolute Gasteiger partial charge is 0.417 e. The van der Waals surface area contributed by atoms with Crippen LogP contribution < -0.4 is 0 Å². The van der Waals surface area contributed by atoms with Gasteiger partial charge in [0, 0.05) is 17.4 Å². The van der Waals surface area contributed by atoms with E-state index in [9.17, 15) is 18.3 Å². The van der Waals surface area contributed by atoms with Crippen molar-refractivity contribution < 1.29 is 18.3 Å². The van der Waals surface area contributed by atoms with Gasteiger partial charge in [0.15, 0.2) is 0 Å². The maximum Gasteiger partial charge on any atom is 0.417 e. The van der Waals surface area contributed by atoms with Gasteiger partial charge in [0.25, 0.3) is 0 Å². The van der Waals surface area contributed by atoms with Gasteiger partial charge in [0.1, 0.15) is 12.2 Å². The first-order valence-corrected chi connectivity index (χ1v) is 7.03. The molecule has 0 aliphatic rings. The summed E-state index contributed by atoms with van der Waals surface area (Å²) in [4.78, 5) is 4.00. The number of halogens is 4. The van der Waals surface area contributed by atoms with Crippen LogP contribution in [-0.2, 0) is 19.1 Å². The van der Waals surface area contributed by atoms with Crippen LogP contribution >= 0.6 is 15.9 Å². The number of aliphatic hydroxyl groups excluding tert-OH is 1. The van der Waals surface area contributed by atoms with Crippen LogP contribution in [0.25, 0.3) is 0 Å². The monoisotopic (exact) mass is 363 g/mol. The molecule has 0 saturated carbocycles. The number of aryl methyl sites for hydroxylation is 1. The van der Waals surface area contributed by atoms with Crippen molar-refractivity contribution in [2.75, 3.05) is 0 Å². The van der Waals surface area contributed by atoms with Crippen molar-refractivity contribution in [1.29, 1.82) is 0 Å². The van der Waals surface area contributed by atoms with Crippen LogP contribution in [0.2, 0.25) is 0 Å². The van der Waals surface area contributed by atoms with Crippen molar-refractivity contribution in [1.82, 2.24) is 14.8 Å². The molecule has 1 N–H and O–H groups in total. The third kappa shape index (κ3) is 3.62. The third-order valence-corrected chi connectivity index (χ3v) is 3.74. The molecule has 114 valence electrons. The maximum atomic E-state index is 12.9. The van der Waals surface area contributed by atoms with Crippen molar-refractivity contribution in [3.8, 4) is 0 Å². The Bertz CT molecular complexity index is 627. The molecule has 2 aromatic rings. The molecule has 0 aliphatic carbocycles. The molecule has 1 atom stereocenters. The Kier molecular flexibility index (Phi) is 4.67. The Balaban J connectivity index is 2.26. The summed E-state index contributed by atoms with van der Waals surface area (Å²) in [5.74, 6) is 0.529. The zero-order valence-electron chi connectivity index (χ0n) is 11.1. The minimum atomic E-state index is -4.47. The number of nitrogens with zero attached hydrogens (tertiary/aromatic N) is 3. The van der Waals surface area contributed by atoms with E-state index in [1.165, 1.54) is 18.5 Å². The topological polar surface area (TPSA) is 50.9 Å². The lowest BCUT2D eigenvalue weighted by molar-refractivity contribution is -0.138. The van der Waals surface area contributed by atoms with E-state index in [-0.39, 0.29) is 16.5 Å². The summed E-state index contributed by atoms with van der Waals surface area (Å²) in [6.45, 7) is 2.45. The minimum absolute atomic E-state index is 0.0531. The average Bonchev–Trinajstić information content (AvgIpc) is 2.85. The Labute approximate surface area is 127 Å². The van der Waals surface area contributed by atoms with Gasteiger partial charge in [0.2, 0.25) is 0 Å². The van der Waals surface area contributed by atoms with Gasteiger partial charge in [-0.25, -0.2) is 4.98 Å². The zero-order chi connectivity index (χ0) is 15.6. The Morgan fingerprint density at radius 3 is 2.71 bits per heavy atom. The van der Waals surface area contributed by atoms with E-state index >= 15 is 0 Å². The molecule has 1 unspecified atom stereocenters. The van der Waals surface area contributed by atoms with E-state index < -0.39 is 17.8 Å². The summed E-state index contributed by atoms with van der Waals surface area (Å²) >= 11 is 2.87. The summed E-state index contributed by atoms with van der Waals surface area (Å²) in [6.07, 6.45) is -4.09. The molecule has 8 heteroatoms. The number of aromatic nitrogens is 3. The molecule has 1 aromatic heterocycles. The quantitative estimate of drug-likeness (QED) is 0.905. The van der Waals surface area contributed by atoms with Crippen molar-refractivity contribution in [3.63, 3.8) is 0 Å². The average molecular weight is 364 g/mol. The van der Waals surface area contributed by atoms with E-state index in [0.29, 0.717) is 12.4 Å². The highest BCUT2D eigenvalue weighted by Gasteiger charge is 2.33. The molecule has 21 heavy (non-hydrogen) atoms. The van der Waals surface area contributed by atoms with Crippen LogP contribution in [0, 0.1) is 0 Å². The summed E-state index contributed by atoms with van der Waals surface area (Å²) in [5, 5.41) is 14.1. The lowest BCUT2D eigenvalue weighted by Crippen LogP contribution is -2.11. The first kappa shape index (κ1) is 16.0. The highest BCUT2D eigenvalue weighted by Crippen LogP contribution is 2.36. The Morgan fingerprint density at radius 1 is 1.38 bits per heavy atom. The molecule has 2 rings (SSSR count). The van der Waals surface area contributed by atoms with Gasteiger partial charge >= 0.3 is 6.18 Å². The number of alkyl halides is 3. The normalized spacial score (nSPS) is 13.4. The number of benzene rings is 1. The SMILES string of the molecule is CCn1ncnc1CC(O)c1ccc(Br)c(C(F)(F)F)c1. The molecular formula is C13H13BrF3N3O. The Morgan fingerprint density at radius 2 is 2.10 bits per heavy atom. The van der Waals surface area contributed by atoms with Crippen LogP contribution in [0.1, 0.15) is 30.0 Å². The van der Waals surface area contributed by atoms with Gasteiger partial charge in [-0.2, -0.15) is 18.3 Å². The summed E-state index contributed by atoms with van der Waals surface area (Å²) in [6, 6.07) is 3.68. The lowest BCUT2D eigenvalue weighted by atomic mass is 10.0. The maximum absolute atomic E-state index is 12.9. The zero-order valence-corrected chi connectivity index (χ0v) is 12.7. The predicted octanol–water partition coefficient (Wildman–Crippen LogP) is 3.36. The van der Waals surface area contributed by atoms with Crippen LogP contribution in [0.5, 0.6) is 0 Å². The van der Waals surface area contributed by atoms with Crippen LogP contribution in [0.4, 0.5) is 13.2 Å². The molecule has 0 spiro atoms. The second kappa shape index (κ2) is 6.15. The van der Waals surface area contributed by atoms with E-state index in [1.54, 1.807) is 4.68 Å². The molecule has 4 nitrogen and oxygen atoms in total. The molecule has 1 aromatic carbocycles. The summed E-state index contributed by atoms with van der Waals surface area (Å²) in [5.41, 5.74) is -0.618. The number of aliphatic hydroxyl groups is 1. The Hall–Kier alpha value is -1.41. The molecule has 0 amide bonds. The van der Waals surface area contributed by atoms with Crippen molar-refractivity contribution in [3.05, 3.63) is 46.0 Å². The van der Waals surface area contributed by atoms with Gasteiger partial charge in [-0.3, -0.25) is 4.68 Å². The third-order valence-electron chi connectivity index (χ3n) is 3.05. The van der Waals surface area contributed by atoms with Crippen LogP contribution in [-0.4, -0.2) is 19.9 Å². The summed E-state index contributed by atoms with van der Waals surface area (Å²) in [7, 11) is 0. The van der Waals surface area contributed by atoms with E-state index in [4.69, 9.17) is 0 Å². The van der Waals surface area contributed by atoms with E-state index in [1.807, 2.05) is 6.92 Å². The molecule has 0 aliphatic heterocycles. The molecule has 0 fully saturated rings.